The van der Waals surface area contributed by atoms with Crippen LogP contribution in [0.3, 0.4) is 0 Å². The fourth-order valence-electron chi connectivity index (χ4n) is 1.76. The summed E-state index contributed by atoms with van der Waals surface area (Å²) in [6.07, 6.45) is 1.49. The van der Waals surface area contributed by atoms with Crippen molar-refractivity contribution in [3.8, 4) is 5.75 Å². The smallest absolute Gasteiger partial charge is 0.345 e. The molecule has 1 aromatic carbocycles. The lowest BCUT2D eigenvalue weighted by molar-refractivity contribution is 0.409. The van der Waals surface area contributed by atoms with Crippen LogP contribution in [0.25, 0.3) is 0 Å². The summed E-state index contributed by atoms with van der Waals surface area (Å²) in [4.78, 5) is 11.7. The first-order valence-corrected chi connectivity index (χ1v) is 5.60. The zero-order chi connectivity index (χ0) is 13.1. The van der Waals surface area contributed by atoms with Crippen LogP contribution in [0, 0.1) is 0 Å². The zero-order valence-electron chi connectivity index (χ0n) is 10.5. The van der Waals surface area contributed by atoms with Gasteiger partial charge in [-0.15, -0.1) is 0 Å². The Kier molecular flexibility index (Phi) is 3.47. The molecule has 2 rings (SSSR count). The van der Waals surface area contributed by atoms with Crippen LogP contribution in [0.5, 0.6) is 5.75 Å². The number of benzene rings is 1. The highest BCUT2D eigenvalue weighted by Crippen LogP contribution is 2.19. The predicted molar refractivity (Wildman–Crippen MR) is 67.5 cm³/mol. The number of aromatic nitrogens is 3. The molecular weight excluding hydrogens is 232 g/mol. The highest BCUT2D eigenvalue weighted by atomic mass is 16.5. The second-order valence-electron chi connectivity index (χ2n) is 4.03. The van der Waals surface area contributed by atoms with Crippen LogP contribution in [-0.4, -0.2) is 21.5 Å². The van der Waals surface area contributed by atoms with Gasteiger partial charge < -0.3 is 10.5 Å². The molecule has 0 bridgehead atoms. The summed E-state index contributed by atoms with van der Waals surface area (Å²) in [6.45, 7) is 0.841. The van der Waals surface area contributed by atoms with Crippen LogP contribution in [-0.2, 0) is 20.1 Å². The molecule has 96 valence electrons. The Morgan fingerprint density at radius 3 is 2.78 bits per heavy atom. The van der Waals surface area contributed by atoms with E-state index in [1.54, 1.807) is 14.2 Å². The Bertz CT molecular complexity index is 600. The van der Waals surface area contributed by atoms with Gasteiger partial charge in [-0.1, -0.05) is 12.1 Å². The monoisotopic (exact) mass is 248 g/mol. The van der Waals surface area contributed by atoms with E-state index in [1.807, 2.05) is 18.2 Å². The van der Waals surface area contributed by atoms with E-state index in [4.69, 9.17) is 10.5 Å². The molecule has 0 unspecified atom stereocenters. The van der Waals surface area contributed by atoms with Gasteiger partial charge in [-0.2, -0.15) is 5.10 Å². The van der Waals surface area contributed by atoms with Crippen LogP contribution in [0.1, 0.15) is 11.1 Å². The largest absolute Gasteiger partial charge is 0.496 e. The standard InChI is InChI=1S/C12H16N4O2/c1-15-8-14-16(12(15)17)7-9-3-4-10(6-13)11(5-9)18-2/h3-5,8H,6-7,13H2,1-2H3. The highest BCUT2D eigenvalue weighted by molar-refractivity contribution is 5.37. The van der Waals surface area contributed by atoms with Gasteiger partial charge in [0.1, 0.15) is 12.1 Å². The van der Waals surface area contributed by atoms with Crippen molar-refractivity contribution in [1.82, 2.24) is 14.3 Å². The van der Waals surface area contributed by atoms with Gasteiger partial charge in [0.25, 0.3) is 0 Å². The Hall–Kier alpha value is -2.08. The lowest BCUT2D eigenvalue weighted by atomic mass is 10.1. The average molecular weight is 248 g/mol. The van der Waals surface area contributed by atoms with E-state index in [1.165, 1.54) is 15.6 Å². The SMILES string of the molecule is COc1cc(Cn2ncn(C)c2=O)ccc1CN. The fourth-order valence-corrected chi connectivity index (χ4v) is 1.76. The second-order valence-corrected chi connectivity index (χ2v) is 4.03. The molecule has 0 amide bonds. The Morgan fingerprint density at radius 1 is 1.44 bits per heavy atom. The lowest BCUT2D eigenvalue weighted by Gasteiger charge is -2.08. The molecule has 2 aromatic rings. The van der Waals surface area contributed by atoms with E-state index >= 15 is 0 Å². The molecule has 2 N–H and O–H groups in total. The number of methoxy groups -OCH3 is 1. The summed E-state index contributed by atoms with van der Waals surface area (Å²) in [5.74, 6) is 0.735. The molecular formula is C12H16N4O2. The molecule has 18 heavy (non-hydrogen) atoms. The molecule has 6 heteroatoms. The van der Waals surface area contributed by atoms with Crippen molar-refractivity contribution in [2.45, 2.75) is 13.1 Å². The number of ether oxygens (including phenoxy) is 1. The van der Waals surface area contributed by atoms with Crippen molar-refractivity contribution in [2.75, 3.05) is 7.11 Å². The second kappa shape index (κ2) is 5.05. The Morgan fingerprint density at radius 2 is 2.22 bits per heavy atom. The molecule has 1 heterocycles. The Balaban J connectivity index is 2.30. The van der Waals surface area contributed by atoms with Gasteiger partial charge in [0.2, 0.25) is 0 Å². The van der Waals surface area contributed by atoms with Gasteiger partial charge in [0, 0.05) is 19.2 Å². The number of hydrogen-bond donors (Lipinski definition) is 1. The van der Waals surface area contributed by atoms with Gasteiger partial charge >= 0.3 is 5.69 Å². The minimum absolute atomic E-state index is 0.142. The average Bonchev–Trinajstić information content (AvgIpc) is 2.70. The normalized spacial score (nSPS) is 10.6. The van der Waals surface area contributed by atoms with Crippen molar-refractivity contribution >= 4 is 0 Å². The maximum absolute atomic E-state index is 11.7. The number of nitrogens with zero attached hydrogens (tertiary/aromatic N) is 3. The first-order valence-electron chi connectivity index (χ1n) is 5.60. The third kappa shape index (κ3) is 2.28. The van der Waals surface area contributed by atoms with Crippen LogP contribution < -0.4 is 16.2 Å². The number of rotatable bonds is 4. The van der Waals surface area contributed by atoms with Gasteiger partial charge in [0.05, 0.1) is 13.7 Å². The van der Waals surface area contributed by atoms with E-state index in [9.17, 15) is 4.79 Å². The topological polar surface area (TPSA) is 75.1 Å². The maximum atomic E-state index is 11.7. The third-order valence-corrected chi connectivity index (χ3v) is 2.79. The zero-order valence-corrected chi connectivity index (χ0v) is 10.5. The Labute approximate surface area is 105 Å². The van der Waals surface area contributed by atoms with E-state index in [0.29, 0.717) is 13.1 Å². The van der Waals surface area contributed by atoms with Gasteiger partial charge in [-0.05, 0) is 11.6 Å². The highest BCUT2D eigenvalue weighted by Gasteiger charge is 2.06. The summed E-state index contributed by atoms with van der Waals surface area (Å²) >= 11 is 0. The van der Waals surface area contributed by atoms with Gasteiger partial charge in [-0.25, -0.2) is 9.48 Å². The molecule has 0 aliphatic heterocycles. The van der Waals surface area contributed by atoms with E-state index in [0.717, 1.165) is 16.9 Å². The number of nitrogens with two attached hydrogens (primary N) is 1. The summed E-state index contributed by atoms with van der Waals surface area (Å²) in [6, 6.07) is 5.71. The van der Waals surface area contributed by atoms with Crippen LogP contribution in [0.15, 0.2) is 29.3 Å². The van der Waals surface area contributed by atoms with Crippen molar-refractivity contribution in [3.05, 3.63) is 46.1 Å². The third-order valence-electron chi connectivity index (χ3n) is 2.79. The van der Waals surface area contributed by atoms with Crippen LogP contribution in [0.2, 0.25) is 0 Å². The molecule has 0 radical (unpaired) electrons. The number of hydrogen-bond acceptors (Lipinski definition) is 4. The molecule has 0 aliphatic carbocycles. The van der Waals surface area contributed by atoms with Crippen molar-refractivity contribution in [1.29, 1.82) is 0 Å². The maximum Gasteiger partial charge on any atom is 0.345 e. The number of aryl methyl sites for hydroxylation is 1. The molecule has 0 spiro atoms. The van der Waals surface area contributed by atoms with Crippen LogP contribution in [0.4, 0.5) is 0 Å². The predicted octanol–water partition coefficient (Wildman–Crippen LogP) is 0.0974. The van der Waals surface area contributed by atoms with Crippen molar-refractivity contribution in [3.63, 3.8) is 0 Å². The van der Waals surface area contributed by atoms with E-state index < -0.39 is 0 Å². The van der Waals surface area contributed by atoms with Crippen LogP contribution >= 0.6 is 0 Å². The summed E-state index contributed by atoms with van der Waals surface area (Å²) in [5, 5.41) is 4.01. The molecule has 1 aromatic heterocycles. The fraction of sp³-hybridized carbons (Fsp3) is 0.333. The molecule has 0 atom stereocenters. The van der Waals surface area contributed by atoms with E-state index in [-0.39, 0.29) is 5.69 Å². The van der Waals surface area contributed by atoms with Crippen molar-refractivity contribution in [2.24, 2.45) is 12.8 Å². The van der Waals surface area contributed by atoms with Gasteiger partial charge in [0.15, 0.2) is 0 Å². The minimum Gasteiger partial charge on any atom is -0.496 e. The molecule has 6 nitrogen and oxygen atoms in total. The van der Waals surface area contributed by atoms with Crippen molar-refractivity contribution < 1.29 is 4.74 Å². The summed E-state index contributed by atoms with van der Waals surface area (Å²) < 4.78 is 8.09. The minimum atomic E-state index is -0.142. The summed E-state index contributed by atoms with van der Waals surface area (Å²) in [5.41, 5.74) is 7.35. The molecule has 0 aliphatic rings. The molecule has 0 fully saturated rings. The quantitative estimate of drug-likeness (QED) is 0.832. The lowest BCUT2D eigenvalue weighted by Crippen LogP contribution is -2.23. The summed E-state index contributed by atoms with van der Waals surface area (Å²) in [7, 11) is 3.27. The van der Waals surface area contributed by atoms with Gasteiger partial charge in [-0.3, -0.25) is 4.57 Å². The first-order chi connectivity index (χ1) is 8.65. The molecule has 0 saturated heterocycles. The van der Waals surface area contributed by atoms with E-state index in [2.05, 4.69) is 5.10 Å². The first kappa shape index (κ1) is 12.4. The molecule has 0 saturated carbocycles.